The summed E-state index contributed by atoms with van der Waals surface area (Å²) < 4.78 is 4.21. The molecule has 2 aromatic rings. The van der Waals surface area contributed by atoms with Gasteiger partial charge in [-0.2, -0.15) is 4.37 Å². The number of anilines is 2. The third-order valence-corrected chi connectivity index (χ3v) is 3.60. The molecule has 0 saturated carbocycles. The first kappa shape index (κ1) is 13.8. The molecule has 6 heteroatoms. The van der Waals surface area contributed by atoms with Crippen molar-refractivity contribution in [3.63, 3.8) is 0 Å². The normalized spacial score (nSPS) is 11.6. The summed E-state index contributed by atoms with van der Waals surface area (Å²) in [4.78, 5) is 6.08. The van der Waals surface area contributed by atoms with E-state index in [1.54, 1.807) is 26.2 Å². The van der Waals surface area contributed by atoms with Crippen molar-refractivity contribution in [2.24, 2.45) is 0 Å². The van der Waals surface area contributed by atoms with Crippen molar-refractivity contribution in [2.45, 2.75) is 19.4 Å². The zero-order valence-electron chi connectivity index (χ0n) is 11.3. The second-order valence-electron chi connectivity index (χ2n) is 5.16. The molecule has 2 rings (SSSR count). The van der Waals surface area contributed by atoms with Crippen LogP contribution in [0.15, 0.2) is 24.5 Å². The Morgan fingerprint density at radius 3 is 2.79 bits per heavy atom. The summed E-state index contributed by atoms with van der Waals surface area (Å²) in [5.74, 6) is 0.496. The van der Waals surface area contributed by atoms with E-state index >= 15 is 0 Å². The fourth-order valence-electron chi connectivity index (χ4n) is 1.99. The summed E-state index contributed by atoms with van der Waals surface area (Å²) >= 11 is 1.33. The SMILES string of the molecule is CN(CC(C)(C)O)c1snc(N)c1-c1cccnc1. The van der Waals surface area contributed by atoms with Gasteiger partial charge in [0, 0.05) is 31.5 Å². The van der Waals surface area contributed by atoms with Gasteiger partial charge in [0.1, 0.15) is 10.8 Å². The van der Waals surface area contributed by atoms with Gasteiger partial charge in [-0.25, -0.2) is 0 Å². The minimum atomic E-state index is -0.778. The first-order valence-electron chi connectivity index (χ1n) is 5.97. The van der Waals surface area contributed by atoms with Crippen LogP contribution in [0.2, 0.25) is 0 Å². The van der Waals surface area contributed by atoms with E-state index in [1.807, 2.05) is 24.1 Å². The highest BCUT2D eigenvalue weighted by Crippen LogP contribution is 2.38. The van der Waals surface area contributed by atoms with E-state index in [9.17, 15) is 5.11 Å². The molecule has 0 aliphatic carbocycles. The lowest BCUT2D eigenvalue weighted by atomic mass is 10.1. The Morgan fingerprint density at radius 1 is 1.47 bits per heavy atom. The second-order valence-corrected chi connectivity index (χ2v) is 5.91. The van der Waals surface area contributed by atoms with Gasteiger partial charge in [0.05, 0.1) is 11.2 Å². The summed E-state index contributed by atoms with van der Waals surface area (Å²) in [6.45, 7) is 4.05. The Bertz CT molecular complexity index is 548. The lowest BCUT2D eigenvalue weighted by Crippen LogP contribution is -2.36. The first-order valence-corrected chi connectivity index (χ1v) is 6.75. The highest BCUT2D eigenvalue weighted by molar-refractivity contribution is 7.11. The predicted octanol–water partition coefficient (Wildman–Crippen LogP) is 1.99. The van der Waals surface area contributed by atoms with Crippen LogP contribution in [0.5, 0.6) is 0 Å². The van der Waals surface area contributed by atoms with Crippen molar-refractivity contribution in [3.05, 3.63) is 24.5 Å². The molecule has 0 unspecified atom stereocenters. The topological polar surface area (TPSA) is 75.3 Å². The van der Waals surface area contributed by atoms with Crippen LogP contribution in [0.25, 0.3) is 11.1 Å². The molecule has 0 radical (unpaired) electrons. The maximum atomic E-state index is 9.92. The standard InChI is InChI=1S/C13H18N4OS/c1-13(2,18)8-17(3)12-10(11(14)16-19-12)9-5-4-6-15-7-9/h4-7,18H,8H2,1-3H3,(H2,14,16). The maximum Gasteiger partial charge on any atom is 0.147 e. The highest BCUT2D eigenvalue weighted by atomic mass is 32.1. The zero-order valence-corrected chi connectivity index (χ0v) is 12.1. The molecule has 19 heavy (non-hydrogen) atoms. The smallest absolute Gasteiger partial charge is 0.147 e. The molecule has 2 heterocycles. The van der Waals surface area contributed by atoms with Gasteiger partial charge in [-0.1, -0.05) is 6.07 Å². The number of nitrogens with zero attached hydrogens (tertiary/aromatic N) is 3. The first-order chi connectivity index (χ1) is 8.88. The molecule has 0 aliphatic rings. The largest absolute Gasteiger partial charge is 0.389 e. The van der Waals surface area contributed by atoms with Gasteiger partial charge in [0.15, 0.2) is 0 Å². The van der Waals surface area contributed by atoms with E-state index in [2.05, 4.69) is 9.36 Å². The third-order valence-electron chi connectivity index (χ3n) is 2.62. The van der Waals surface area contributed by atoms with Crippen molar-refractivity contribution in [1.29, 1.82) is 0 Å². The quantitative estimate of drug-likeness (QED) is 0.894. The molecule has 0 aliphatic heterocycles. The van der Waals surface area contributed by atoms with E-state index in [-0.39, 0.29) is 0 Å². The molecule has 102 valence electrons. The minimum absolute atomic E-state index is 0.496. The number of likely N-dealkylation sites (N-methyl/N-ethyl adjacent to an activating group) is 1. The van der Waals surface area contributed by atoms with Crippen LogP contribution in [0.3, 0.4) is 0 Å². The number of pyridine rings is 1. The fourth-order valence-corrected chi connectivity index (χ4v) is 2.78. The highest BCUT2D eigenvalue weighted by Gasteiger charge is 2.22. The van der Waals surface area contributed by atoms with Crippen LogP contribution in [0, 0.1) is 0 Å². The Kier molecular flexibility index (Phi) is 3.73. The zero-order chi connectivity index (χ0) is 14.0. The molecule has 3 N–H and O–H groups in total. The summed E-state index contributed by atoms with van der Waals surface area (Å²) in [5.41, 5.74) is 7.00. The Morgan fingerprint density at radius 2 is 2.21 bits per heavy atom. The molecule has 0 spiro atoms. The Labute approximate surface area is 116 Å². The van der Waals surface area contributed by atoms with Gasteiger partial charge in [-0.3, -0.25) is 4.98 Å². The Balaban J connectivity index is 2.38. The van der Waals surface area contributed by atoms with Gasteiger partial charge < -0.3 is 15.7 Å². The van der Waals surface area contributed by atoms with E-state index in [0.29, 0.717) is 12.4 Å². The number of nitrogens with two attached hydrogens (primary N) is 1. The molecule has 0 aromatic carbocycles. The van der Waals surface area contributed by atoms with Crippen molar-refractivity contribution in [2.75, 3.05) is 24.2 Å². The van der Waals surface area contributed by atoms with E-state index in [0.717, 1.165) is 16.1 Å². The summed E-state index contributed by atoms with van der Waals surface area (Å²) in [7, 11) is 1.92. The third kappa shape index (κ3) is 3.21. The molecule has 0 amide bonds. The summed E-state index contributed by atoms with van der Waals surface area (Å²) in [6, 6.07) is 3.82. The van der Waals surface area contributed by atoms with E-state index in [1.165, 1.54) is 11.5 Å². The maximum absolute atomic E-state index is 9.92. The van der Waals surface area contributed by atoms with E-state index < -0.39 is 5.60 Å². The van der Waals surface area contributed by atoms with Crippen molar-refractivity contribution in [3.8, 4) is 11.1 Å². The lowest BCUT2D eigenvalue weighted by molar-refractivity contribution is 0.0888. The number of aromatic nitrogens is 2. The number of hydrogen-bond acceptors (Lipinski definition) is 6. The van der Waals surface area contributed by atoms with Crippen LogP contribution in [0.4, 0.5) is 10.8 Å². The van der Waals surface area contributed by atoms with Crippen LogP contribution in [0.1, 0.15) is 13.8 Å². The molecule has 0 saturated heterocycles. The van der Waals surface area contributed by atoms with Gasteiger partial charge in [0.2, 0.25) is 0 Å². The van der Waals surface area contributed by atoms with Crippen molar-refractivity contribution in [1.82, 2.24) is 9.36 Å². The number of rotatable bonds is 4. The van der Waals surface area contributed by atoms with Crippen LogP contribution in [-0.4, -0.2) is 33.7 Å². The average molecular weight is 278 g/mol. The average Bonchev–Trinajstić information content (AvgIpc) is 2.70. The van der Waals surface area contributed by atoms with Crippen molar-refractivity contribution >= 4 is 22.4 Å². The molecule has 2 aromatic heterocycles. The molecular formula is C13H18N4OS. The van der Waals surface area contributed by atoms with Crippen molar-refractivity contribution < 1.29 is 5.11 Å². The van der Waals surface area contributed by atoms with Crippen LogP contribution < -0.4 is 10.6 Å². The fraction of sp³-hybridized carbons (Fsp3) is 0.385. The monoisotopic (exact) mass is 278 g/mol. The van der Waals surface area contributed by atoms with Gasteiger partial charge >= 0.3 is 0 Å². The summed E-state index contributed by atoms with van der Waals surface area (Å²) in [5, 5.41) is 10.9. The molecule has 0 bridgehead atoms. The molecule has 0 fully saturated rings. The number of nitrogen functional groups attached to an aromatic ring is 1. The van der Waals surface area contributed by atoms with Gasteiger partial charge in [-0.15, -0.1) is 0 Å². The van der Waals surface area contributed by atoms with Gasteiger partial charge in [0.25, 0.3) is 0 Å². The molecular weight excluding hydrogens is 260 g/mol. The van der Waals surface area contributed by atoms with Crippen LogP contribution >= 0.6 is 11.5 Å². The Hall–Kier alpha value is -1.66. The second kappa shape index (κ2) is 5.14. The van der Waals surface area contributed by atoms with E-state index in [4.69, 9.17) is 5.73 Å². The lowest BCUT2D eigenvalue weighted by Gasteiger charge is -2.26. The number of hydrogen-bond donors (Lipinski definition) is 2. The predicted molar refractivity (Wildman–Crippen MR) is 79.3 cm³/mol. The summed E-state index contributed by atoms with van der Waals surface area (Å²) in [6.07, 6.45) is 3.49. The molecule has 5 nitrogen and oxygen atoms in total. The van der Waals surface area contributed by atoms with Crippen LogP contribution in [-0.2, 0) is 0 Å². The minimum Gasteiger partial charge on any atom is -0.389 e. The molecule has 0 atom stereocenters. The van der Waals surface area contributed by atoms with Gasteiger partial charge in [-0.05, 0) is 31.4 Å². The number of aliphatic hydroxyl groups is 1.